The summed E-state index contributed by atoms with van der Waals surface area (Å²) >= 11 is 0. The second kappa shape index (κ2) is 5.54. The zero-order valence-corrected chi connectivity index (χ0v) is 16.1. The maximum atomic E-state index is 12.7. The molecule has 2 saturated heterocycles. The number of aryl methyl sites for hydroxylation is 1. The monoisotopic (exact) mass is 350 g/mol. The minimum absolute atomic E-state index is 0. The molecule has 0 N–H and O–H groups in total. The number of aliphatic carboxylic acids is 1. The maximum absolute atomic E-state index is 12.7. The Labute approximate surface area is 155 Å². The molecule has 0 aliphatic carbocycles. The molecule has 0 aromatic carbocycles. The fraction of sp³-hybridized carbons (Fsp3) is 0.667. The molecule has 0 bridgehead atoms. The van der Waals surface area contributed by atoms with Gasteiger partial charge in [0.1, 0.15) is 10.1 Å². The number of carbonyl (C=O) groups is 2. The molecule has 0 unspecified atom stereocenters. The van der Waals surface area contributed by atoms with Crippen LogP contribution in [-0.4, -0.2) is 56.4 Å². The summed E-state index contributed by atoms with van der Waals surface area (Å²) in [6.45, 7) is 4.57. The van der Waals surface area contributed by atoms with Crippen LogP contribution in [0.1, 0.15) is 24.7 Å². The van der Waals surface area contributed by atoms with Crippen molar-refractivity contribution >= 4 is 21.7 Å². The number of amides is 1. The van der Waals surface area contributed by atoms with Gasteiger partial charge in [-0.1, -0.05) is 5.21 Å². The van der Waals surface area contributed by atoms with E-state index in [9.17, 15) is 23.1 Å². The van der Waals surface area contributed by atoms with Crippen LogP contribution in [0.2, 0.25) is 0 Å². The molecule has 1 aromatic rings. The first kappa shape index (κ1) is 18.4. The van der Waals surface area contributed by atoms with E-state index in [4.69, 9.17) is 0 Å². The topological polar surface area (TPSA) is 125 Å². The fourth-order valence-corrected chi connectivity index (χ4v) is 5.51. The fourth-order valence-electron chi connectivity index (χ4n) is 3.17. The molecule has 2 aliphatic heterocycles. The number of fused-ring (bicyclic) bond motifs is 1. The molecule has 0 saturated carbocycles. The molecule has 2 aliphatic rings. The van der Waals surface area contributed by atoms with Gasteiger partial charge >= 0.3 is 29.6 Å². The van der Waals surface area contributed by atoms with E-state index in [1.807, 2.05) is 0 Å². The van der Waals surface area contributed by atoms with Gasteiger partial charge < -0.3 is 14.8 Å². The van der Waals surface area contributed by atoms with Crippen LogP contribution in [0.4, 0.5) is 0 Å². The number of carboxylic acids is 1. The Hall–Kier alpha value is -0.970. The van der Waals surface area contributed by atoms with Crippen LogP contribution in [0.3, 0.4) is 0 Å². The van der Waals surface area contributed by atoms with Gasteiger partial charge in [0.15, 0.2) is 9.84 Å². The van der Waals surface area contributed by atoms with Gasteiger partial charge in [0, 0.05) is 0 Å². The SMILES string of the molecule is Cc1nnn(C[C@@]2(C)[C@H](C(=O)[O-])N3C(=O)C[C@@H]3S2(=O)=O)c1C.[Na+]. The van der Waals surface area contributed by atoms with Crippen molar-refractivity contribution in [3.05, 3.63) is 11.4 Å². The van der Waals surface area contributed by atoms with E-state index in [2.05, 4.69) is 10.3 Å². The Morgan fingerprint density at radius 2 is 2.04 bits per heavy atom. The van der Waals surface area contributed by atoms with Crippen molar-refractivity contribution in [1.82, 2.24) is 19.9 Å². The predicted octanol–water partition coefficient (Wildman–Crippen LogP) is -5.24. The van der Waals surface area contributed by atoms with Crippen LogP contribution < -0.4 is 34.7 Å². The summed E-state index contributed by atoms with van der Waals surface area (Å²) in [6.07, 6.45) is -0.183. The van der Waals surface area contributed by atoms with Crippen LogP contribution in [0, 0.1) is 13.8 Å². The number of β-lactam (4-membered cyclic amide) rings is 1. The van der Waals surface area contributed by atoms with E-state index in [0.29, 0.717) is 11.4 Å². The second-order valence-electron chi connectivity index (χ2n) is 5.96. The summed E-state index contributed by atoms with van der Waals surface area (Å²) in [5.41, 5.74) is 1.28. The number of carboxylic acid groups (broad SMARTS) is 1. The quantitative estimate of drug-likeness (QED) is 0.394. The van der Waals surface area contributed by atoms with E-state index >= 15 is 0 Å². The molecule has 3 heterocycles. The molecule has 0 spiro atoms. The molecule has 1 amide bonds. The summed E-state index contributed by atoms with van der Waals surface area (Å²) in [6, 6.07) is -1.52. The van der Waals surface area contributed by atoms with E-state index in [-0.39, 0.29) is 42.5 Å². The Morgan fingerprint density at radius 3 is 2.48 bits per heavy atom. The minimum atomic E-state index is -3.86. The summed E-state index contributed by atoms with van der Waals surface area (Å²) < 4.78 is 25.1. The van der Waals surface area contributed by atoms with E-state index in [1.165, 1.54) is 11.6 Å². The zero-order valence-electron chi connectivity index (χ0n) is 13.3. The number of hydrogen-bond acceptors (Lipinski definition) is 7. The molecule has 0 radical (unpaired) electrons. The normalized spacial score (nSPS) is 31.3. The Bertz CT molecular complexity index is 791. The standard InChI is InChI=1S/C12H16N4O5S.Na/c1-6-7(2)15(14-13-6)5-12(3)10(11(18)19)16-8(17)4-9(16)22(12,20)21;/h9-10H,4-5H2,1-3H3,(H,18,19);/q;+1/p-1/t9-,10-,12-;/m0./s1. The van der Waals surface area contributed by atoms with Crippen molar-refractivity contribution in [3.63, 3.8) is 0 Å². The number of hydrogen-bond donors (Lipinski definition) is 0. The van der Waals surface area contributed by atoms with Gasteiger partial charge in [0.05, 0.1) is 36.4 Å². The largest absolute Gasteiger partial charge is 1.00 e. The molecular formula is C12H15N4NaO5S. The van der Waals surface area contributed by atoms with Crippen LogP contribution in [0.15, 0.2) is 0 Å². The van der Waals surface area contributed by atoms with Crippen molar-refractivity contribution in [1.29, 1.82) is 0 Å². The van der Waals surface area contributed by atoms with Gasteiger partial charge in [0.25, 0.3) is 0 Å². The number of nitrogens with zero attached hydrogens (tertiary/aromatic N) is 4. The van der Waals surface area contributed by atoms with E-state index in [0.717, 1.165) is 4.90 Å². The van der Waals surface area contributed by atoms with Crippen molar-refractivity contribution in [3.8, 4) is 0 Å². The first-order valence-corrected chi connectivity index (χ1v) is 8.28. The van der Waals surface area contributed by atoms with Crippen LogP contribution in [-0.2, 0) is 26.0 Å². The Morgan fingerprint density at radius 1 is 1.43 bits per heavy atom. The maximum Gasteiger partial charge on any atom is 1.00 e. The molecular weight excluding hydrogens is 335 g/mol. The molecule has 11 heteroatoms. The summed E-state index contributed by atoms with van der Waals surface area (Å²) in [7, 11) is -3.86. The molecule has 1 aromatic heterocycles. The Kier molecular flexibility index (Phi) is 4.42. The summed E-state index contributed by atoms with van der Waals surface area (Å²) in [5.74, 6) is -2.06. The van der Waals surface area contributed by atoms with Gasteiger partial charge in [-0.3, -0.25) is 4.79 Å². The van der Waals surface area contributed by atoms with Gasteiger partial charge in [-0.2, -0.15) is 0 Å². The average Bonchev–Trinajstić information content (AvgIpc) is 2.78. The first-order chi connectivity index (χ1) is 10.1. The molecule has 9 nitrogen and oxygen atoms in total. The third-order valence-electron chi connectivity index (χ3n) is 4.71. The summed E-state index contributed by atoms with van der Waals surface area (Å²) in [5, 5.41) is 18.1. The molecule has 2 fully saturated rings. The summed E-state index contributed by atoms with van der Waals surface area (Å²) in [4.78, 5) is 24.1. The van der Waals surface area contributed by atoms with Gasteiger partial charge in [0.2, 0.25) is 5.91 Å². The zero-order chi connectivity index (χ0) is 16.4. The van der Waals surface area contributed by atoms with Gasteiger partial charge in [-0.05, 0) is 20.8 Å². The first-order valence-electron chi connectivity index (χ1n) is 6.73. The molecule has 3 atom stereocenters. The molecule has 3 rings (SSSR count). The third-order valence-corrected chi connectivity index (χ3v) is 7.48. The number of carbonyl (C=O) groups excluding carboxylic acids is 2. The smallest absolute Gasteiger partial charge is 0.548 e. The van der Waals surface area contributed by atoms with Crippen LogP contribution in [0.25, 0.3) is 0 Å². The second-order valence-corrected chi connectivity index (χ2v) is 8.52. The van der Waals surface area contributed by atoms with Crippen molar-refractivity contribution in [2.75, 3.05) is 0 Å². The van der Waals surface area contributed by atoms with E-state index < -0.39 is 37.9 Å². The van der Waals surface area contributed by atoms with Gasteiger partial charge in [-0.15, -0.1) is 5.10 Å². The van der Waals surface area contributed by atoms with Crippen molar-refractivity contribution in [2.24, 2.45) is 0 Å². The Balaban J connectivity index is 0.00000192. The predicted molar refractivity (Wildman–Crippen MR) is 70.9 cm³/mol. The molecule has 23 heavy (non-hydrogen) atoms. The van der Waals surface area contributed by atoms with Crippen molar-refractivity contribution < 1.29 is 52.7 Å². The van der Waals surface area contributed by atoms with Crippen LogP contribution >= 0.6 is 0 Å². The van der Waals surface area contributed by atoms with Crippen LogP contribution in [0.5, 0.6) is 0 Å². The van der Waals surface area contributed by atoms with E-state index in [1.54, 1.807) is 13.8 Å². The number of sulfone groups is 1. The number of rotatable bonds is 3. The molecule has 120 valence electrons. The minimum Gasteiger partial charge on any atom is -0.548 e. The van der Waals surface area contributed by atoms with Crippen molar-refractivity contribution in [2.45, 2.75) is 49.9 Å². The number of aromatic nitrogens is 3. The third kappa shape index (κ3) is 2.26. The average molecular weight is 350 g/mol. The van der Waals surface area contributed by atoms with Gasteiger partial charge in [-0.25, -0.2) is 13.1 Å².